The molecule has 0 heterocycles. The van der Waals surface area contributed by atoms with Gasteiger partial charge in [-0.05, 0) is 50.2 Å². The molecule has 1 aromatic carbocycles. The molecule has 0 unspecified atom stereocenters. The van der Waals surface area contributed by atoms with Crippen molar-refractivity contribution in [2.75, 3.05) is 6.61 Å². The van der Waals surface area contributed by atoms with Crippen molar-refractivity contribution in [2.24, 2.45) is 17.1 Å². The third kappa shape index (κ3) is 11.0. The highest BCUT2D eigenvalue weighted by Gasteiger charge is 2.33. The van der Waals surface area contributed by atoms with Crippen LogP contribution in [-0.2, 0) is 30.3 Å². The van der Waals surface area contributed by atoms with Crippen molar-refractivity contribution in [3.8, 4) is 0 Å². The molecule has 0 radical (unpaired) electrons. The second-order valence-corrected chi connectivity index (χ2v) is 11.9. The average Bonchev–Trinajstić information content (AvgIpc) is 2.78. The average molecular weight is 519 g/mol. The van der Waals surface area contributed by atoms with Gasteiger partial charge in [0.25, 0.3) is 0 Å². The van der Waals surface area contributed by atoms with E-state index in [0.717, 1.165) is 11.1 Å². The zero-order valence-electron chi connectivity index (χ0n) is 23.8. The summed E-state index contributed by atoms with van der Waals surface area (Å²) < 4.78 is 5.60. The minimum Gasteiger partial charge on any atom is -0.374 e. The van der Waals surface area contributed by atoms with Gasteiger partial charge < -0.3 is 31.2 Å². The molecule has 0 spiro atoms. The number of aldehydes is 1. The first-order valence-corrected chi connectivity index (χ1v) is 12.8. The van der Waals surface area contributed by atoms with Gasteiger partial charge in [-0.25, -0.2) is 0 Å². The number of carbonyl (C=O) groups is 4. The Morgan fingerprint density at radius 2 is 1.54 bits per heavy atom. The van der Waals surface area contributed by atoms with Crippen LogP contribution in [-0.4, -0.2) is 60.4 Å². The van der Waals surface area contributed by atoms with Crippen LogP contribution in [0.2, 0.25) is 0 Å². The minimum atomic E-state index is -0.963. The summed E-state index contributed by atoms with van der Waals surface area (Å²) in [5.41, 5.74) is 6.87. The predicted molar refractivity (Wildman–Crippen MR) is 145 cm³/mol. The fourth-order valence-electron chi connectivity index (χ4n) is 3.45. The van der Waals surface area contributed by atoms with Gasteiger partial charge in [0.1, 0.15) is 24.4 Å². The number of nitrogens with one attached hydrogen (secondary N) is 3. The summed E-state index contributed by atoms with van der Waals surface area (Å²) in [6.07, 6.45) is 0.917. The van der Waals surface area contributed by atoms with E-state index in [1.165, 1.54) is 0 Å². The predicted octanol–water partition coefficient (Wildman–Crippen LogP) is 2.04. The van der Waals surface area contributed by atoms with E-state index in [1.54, 1.807) is 13.8 Å². The van der Waals surface area contributed by atoms with Crippen molar-refractivity contribution in [1.29, 1.82) is 0 Å². The summed E-state index contributed by atoms with van der Waals surface area (Å²) in [7, 11) is 0. The fourth-order valence-corrected chi connectivity index (χ4v) is 3.45. The maximum Gasteiger partial charge on any atom is 0.243 e. The van der Waals surface area contributed by atoms with Gasteiger partial charge >= 0.3 is 0 Å². The third-order valence-corrected chi connectivity index (χ3v) is 5.96. The smallest absolute Gasteiger partial charge is 0.243 e. The van der Waals surface area contributed by atoms with E-state index in [9.17, 15) is 19.2 Å². The molecular formula is C28H46N4O5. The second kappa shape index (κ2) is 13.7. The number of hydrogen-bond donors (Lipinski definition) is 4. The molecule has 3 amide bonds. The van der Waals surface area contributed by atoms with Crippen molar-refractivity contribution >= 4 is 24.0 Å². The number of rotatable bonds is 12. The van der Waals surface area contributed by atoms with Gasteiger partial charge in [0, 0.05) is 6.42 Å². The number of nitrogens with two attached hydrogens (primary N) is 1. The van der Waals surface area contributed by atoms with Gasteiger partial charge in [-0.1, -0.05) is 58.9 Å². The lowest BCUT2D eigenvalue weighted by Gasteiger charge is -2.30. The lowest BCUT2D eigenvalue weighted by Crippen LogP contribution is -2.59. The Bertz CT molecular complexity index is 933. The number of hydrogen-bond acceptors (Lipinski definition) is 6. The van der Waals surface area contributed by atoms with Crippen molar-refractivity contribution in [3.63, 3.8) is 0 Å². The van der Waals surface area contributed by atoms with Crippen molar-refractivity contribution < 1.29 is 23.9 Å². The Kier molecular flexibility index (Phi) is 11.9. The highest BCUT2D eigenvalue weighted by atomic mass is 16.5. The number of amides is 3. The van der Waals surface area contributed by atoms with Crippen LogP contribution in [0.25, 0.3) is 0 Å². The molecule has 4 atom stereocenters. The molecule has 0 saturated carbocycles. The summed E-state index contributed by atoms with van der Waals surface area (Å²) in [6.45, 7) is 16.6. The van der Waals surface area contributed by atoms with E-state index in [-0.39, 0.29) is 18.9 Å². The third-order valence-electron chi connectivity index (χ3n) is 5.96. The van der Waals surface area contributed by atoms with Crippen molar-refractivity contribution in [1.82, 2.24) is 16.0 Å². The zero-order chi connectivity index (χ0) is 28.6. The van der Waals surface area contributed by atoms with E-state index < -0.39 is 52.9 Å². The maximum absolute atomic E-state index is 13.4. The zero-order valence-corrected chi connectivity index (χ0v) is 23.8. The monoisotopic (exact) mass is 518 g/mol. The molecular weight excluding hydrogens is 472 g/mol. The molecule has 0 fully saturated rings. The quantitative estimate of drug-likeness (QED) is 0.312. The van der Waals surface area contributed by atoms with E-state index >= 15 is 0 Å². The molecule has 1 rings (SSSR count). The minimum absolute atomic E-state index is 0.0000302. The molecule has 9 nitrogen and oxygen atoms in total. The van der Waals surface area contributed by atoms with Gasteiger partial charge in [0.05, 0.1) is 18.2 Å². The summed E-state index contributed by atoms with van der Waals surface area (Å²) >= 11 is 0. The van der Waals surface area contributed by atoms with E-state index in [4.69, 9.17) is 10.5 Å². The lowest BCUT2D eigenvalue weighted by atomic mass is 9.87. The van der Waals surface area contributed by atoms with Gasteiger partial charge in [-0.3, -0.25) is 14.4 Å². The van der Waals surface area contributed by atoms with Crippen LogP contribution in [0.3, 0.4) is 0 Å². The molecule has 0 saturated heterocycles. The highest BCUT2D eigenvalue weighted by molar-refractivity contribution is 5.94. The second-order valence-electron chi connectivity index (χ2n) is 11.9. The number of carbonyl (C=O) groups excluding carboxylic acids is 4. The summed E-state index contributed by atoms with van der Waals surface area (Å²) in [6, 6.07) is 3.98. The van der Waals surface area contributed by atoms with Crippen LogP contribution in [0.4, 0.5) is 0 Å². The standard InChI is InChI=1S/C28H46N4O5/c1-17(2)23(32-24(34)20(29)16-37-28(7,8)9)26(36)30-21(14-19-13-11-10-12-18(19)3)25(35)31-22(15-33)27(4,5)6/h10-13,15,17,20-23H,14,16,29H2,1-9H3,(H,30,36)(H,31,35)(H,32,34)/t20-,21-,22+,23+/m0/s1. The van der Waals surface area contributed by atoms with Crippen molar-refractivity contribution in [2.45, 2.75) is 98.5 Å². The van der Waals surface area contributed by atoms with E-state index in [2.05, 4.69) is 16.0 Å². The SMILES string of the molecule is Cc1ccccc1C[C@H](NC(=O)[C@H](NC(=O)[C@@H](N)COC(C)(C)C)C(C)C)C(=O)N[C@H](C=O)C(C)(C)C. The molecule has 0 bridgehead atoms. The normalized spacial score (nSPS) is 15.3. The first-order chi connectivity index (χ1) is 17.0. The number of ether oxygens (including phenoxy) is 1. The number of aryl methyl sites for hydroxylation is 1. The molecule has 208 valence electrons. The topological polar surface area (TPSA) is 140 Å². The van der Waals surface area contributed by atoms with Crippen LogP contribution >= 0.6 is 0 Å². The summed E-state index contributed by atoms with van der Waals surface area (Å²) in [5, 5.41) is 8.27. The van der Waals surface area contributed by atoms with Crippen LogP contribution in [0.5, 0.6) is 0 Å². The molecule has 0 aliphatic rings. The first-order valence-electron chi connectivity index (χ1n) is 12.8. The van der Waals surface area contributed by atoms with E-state index in [0.29, 0.717) is 6.29 Å². The summed E-state index contributed by atoms with van der Waals surface area (Å²) in [4.78, 5) is 51.0. The molecule has 0 aliphatic heterocycles. The molecule has 0 aliphatic carbocycles. The Morgan fingerprint density at radius 1 is 0.946 bits per heavy atom. The maximum atomic E-state index is 13.4. The lowest BCUT2D eigenvalue weighted by molar-refractivity contribution is -0.134. The first kappa shape index (κ1) is 32.2. The van der Waals surface area contributed by atoms with Gasteiger partial charge in [-0.15, -0.1) is 0 Å². The van der Waals surface area contributed by atoms with Gasteiger partial charge in [0.15, 0.2) is 0 Å². The van der Waals surface area contributed by atoms with Gasteiger partial charge in [-0.2, -0.15) is 0 Å². The van der Waals surface area contributed by atoms with Crippen LogP contribution in [0.15, 0.2) is 24.3 Å². The molecule has 37 heavy (non-hydrogen) atoms. The van der Waals surface area contributed by atoms with Crippen LogP contribution in [0.1, 0.15) is 66.5 Å². The fraction of sp³-hybridized carbons (Fsp3) is 0.643. The molecule has 0 aromatic heterocycles. The van der Waals surface area contributed by atoms with Crippen LogP contribution in [0, 0.1) is 18.3 Å². The highest BCUT2D eigenvalue weighted by Crippen LogP contribution is 2.18. The van der Waals surface area contributed by atoms with E-state index in [1.807, 2.05) is 72.7 Å². The van der Waals surface area contributed by atoms with Gasteiger partial charge in [0.2, 0.25) is 17.7 Å². The Balaban J connectivity index is 3.12. The Hall–Kier alpha value is -2.78. The number of benzene rings is 1. The molecule has 1 aromatic rings. The Labute approximate surface area is 221 Å². The van der Waals surface area contributed by atoms with Crippen LogP contribution < -0.4 is 21.7 Å². The Morgan fingerprint density at radius 3 is 2.03 bits per heavy atom. The summed E-state index contributed by atoms with van der Waals surface area (Å²) in [5.74, 6) is -1.79. The largest absolute Gasteiger partial charge is 0.374 e. The van der Waals surface area contributed by atoms with Crippen molar-refractivity contribution in [3.05, 3.63) is 35.4 Å². The molecule has 5 N–H and O–H groups in total. The molecule has 9 heteroatoms.